The summed E-state index contributed by atoms with van der Waals surface area (Å²) in [7, 11) is 1.98. The molecule has 0 aliphatic carbocycles. The van der Waals surface area contributed by atoms with Gasteiger partial charge in [0.25, 0.3) is 0 Å². The zero-order chi connectivity index (χ0) is 12.8. The van der Waals surface area contributed by atoms with Crippen molar-refractivity contribution < 1.29 is 0 Å². The molecule has 0 aliphatic rings. The predicted octanol–water partition coefficient (Wildman–Crippen LogP) is 2.47. The summed E-state index contributed by atoms with van der Waals surface area (Å²) in [5.41, 5.74) is 1.16. The maximum absolute atomic E-state index is 4.18. The molecule has 2 aromatic rings. The number of imidazole rings is 1. The number of hydrogen-bond donors (Lipinski definition) is 1. The SMILES string of the molecule is CC(C)c1cn(C)cn1.CC(C)c1ncn[nH]1. The molecule has 0 aliphatic heterocycles. The number of nitrogens with one attached hydrogen (secondary N) is 1. The molecular weight excluding hydrogens is 214 g/mol. The van der Waals surface area contributed by atoms with Gasteiger partial charge in [0.05, 0.1) is 12.0 Å². The summed E-state index contributed by atoms with van der Waals surface area (Å²) in [6.07, 6.45) is 5.40. The first-order valence-corrected chi connectivity index (χ1v) is 5.83. The molecule has 5 nitrogen and oxygen atoms in total. The average molecular weight is 235 g/mol. The number of hydrogen-bond acceptors (Lipinski definition) is 3. The predicted molar refractivity (Wildman–Crippen MR) is 67.8 cm³/mol. The third kappa shape index (κ3) is 4.38. The molecule has 2 heterocycles. The Morgan fingerprint density at radius 2 is 1.82 bits per heavy atom. The van der Waals surface area contributed by atoms with E-state index >= 15 is 0 Å². The lowest BCUT2D eigenvalue weighted by molar-refractivity contribution is 0.781. The minimum atomic E-state index is 0.456. The summed E-state index contributed by atoms with van der Waals surface area (Å²) in [4.78, 5) is 8.13. The van der Waals surface area contributed by atoms with Gasteiger partial charge in [-0.15, -0.1) is 0 Å². The van der Waals surface area contributed by atoms with Crippen molar-refractivity contribution in [2.75, 3.05) is 0 Å². The van der Waals surface area contributed by atoms with Crippen LogP contribution >= 0.6 is 0 Å². The van der Waals surface area contributed by atoms with E-state index in [2.05, 4.69) is 47.9 Å². The van der Waals surface area contributed by atoms with E-state index in [1.165, 1.54) is 6.33 Å². The van der Waals surface area contributed by atoms with Crippen LogP contribution in [0, 0.1) is 0 Å². The third-order valence-corrected chi connectivity index (χ3v) is 2.30. The van der Waals surface area contributed by atoms with Crippen LogP contribution in [0.4, 0.5) is 0 Å². The standard InChI is InChI=1S/C7H12N2.C5H9N3/c1-6(2)7-4-9(3)5-8-7;1-4(2)5-6-3-7-8-5/h4-6H,1-3H3;3-4H,1-2H3,(H,6,7,8). The molecule has 17 heavy (non-hydrogen) atoms. The van der Waals surface area contributed by atoms with Crippen LogP contribution in [0.3, 0.4) is 0 Å². The average Bonchev–Trinajstić information content (AvgIpc) is 2.87. The van der Waals surface area contributed by atoms with Gasteiger partial charge in [0.15, 0.2) is 0 Å². The number of H-pyrrole nitrogens is 1. The first-order chi connectivity index (χ1) is 8.00. The Morgan fingerprint density at radius 3 is 2.06 bits per heavy atom. The lowest BCUT2D eigenvalue weighted by Gasteiger charge is -1.95. The number of aromatic amines is 1. The van der Waals surface area contributed by atoms with Crippen molar-refractivity contribution in [2.45, 2.75) is 39.5 Å². The number of aromatic nitrogens is 5. The van der Waals surface area contributed by atoms with Crippen LogP contribution in [0.25, 0.3) is 0 Å². The first-order valence-electron chi connectivity index (χ1n) is 5.83. The van der Waals surface area contributed by atoms with Crippen molar-refractivity contribution in [1.29, 1.82) is 0 Å². The molecule has 0 bridgehead atoms. The van der Waals surface area contributed by atoms with Gasteiger partial charge in [0.2, 0.25) is 0 Å². The van der Waals surface area contributed by atoms with Crippen molar-refractivity contribution in [1.82, 2.24) is 24.7 Å². The summed E-state index contributed by atoms with van der Waals surface area (Å²) >= 11 is 0. The zero-order valence-electron chi connectivity index (χ0n) is 11.2. The summed E-state index contributed by atoms with van der Waals surface area (Å²) in [6.45, 7) is 8.42. The Kier molecular flexibility index (Phi) is 4.87. The van der Waals surface area contributed by atoms with Gasteiger partial charge in [-0.1, -0.05) is 27.7 Å². The van der Waals surface area contributed by atoms with E-state index in [4.69, 9.17) is 0 Å². The maximum atomic E-state index is 4.18. The largest absolute Gasteiger partial charge is 0.340 e. The molecule has 0 unspecified atom stereocenters. The van der Waals surface area contributed by atoms with Gasteiger partial charge >= 0.3 is 0 Å². The zero-order valence-corrected chi connectivity index (χ0v) is 11.2. The molecular formula is C12H21N5. The van der Waals surface area contributed by atoms with E-state index in [0.29, 0.717) is 11.8 Å². The van der Waals surface area contributed by atoms with Crippen LogP contribution < -0.4 is 0 Å². The molecule has 94 valence electrons. The summed E-state index contributed by atoms with van der Waals surface area (Å²) < 4.78 is 1.97. The highest BCUT2D eigenvalue weighted by atomic mass is 15.2. The highest BCUT2D eigenvalue weighted by molar-refractivity contribution is 5.00. The second-order valence-corrected chi connectivity index (χ2v) is 4.64. The van der Waals surface area contributed by atoms with Crippen molar-refractivity contribution in [3.8, 4) is 0 Å². The Morgan fingerprint density at radius 1 is 1.12 bits per heavy atom. The Bertz CT molecular complexity index is 414. The molecule has 0 radical (unpaired) electrons. The van der Waals surface area contributed by atoms with Crippen LogP contribution in [-0.4, -0.2) is 24.7 Å². The molecule has 0 saturated carbocycles. The monoisotopic (exact) mass is 235 g/mol. The van der Waals surface area contributed by atoms with E-state index < -0.39 is 0 Å². The Hall–Kier alpha value is -1.65. The van der Waals surface area contributed by atoms with E-state index in [-0.39, 0.29) is 0 Å². The highest BCUT2D eigenvalue weighted by Gasteiger charge is 1.99. The van der Waals surface area contributed by atoms with Crippen LogP contribution in [0.5, 0.6) is 0 Å². The lowest BCUT2D eigenvalue weighted by atomic mass is 10.2. The normalized spacial score (nSPS) is 10.5. The van der Waals surface area contributed by atoms with E-state index in [9.17, 15) is 0 Å². The summed E-state index contributed by atoms with van der Waals surface area (Å²) in [6, 6.07) is 0. The molecule has 0 spiro atoms. The van der Waals surface area contributed by atoms with Gasteiger partial charge in [0, 0.05) is 19.2 Å². The number of aryl methyl sites for hydroxylation is 1. The topological polar surface area (TPSA) is 59.4 Å². The lowest BCUT2D eigenvalue weighted by Crippen LogP contribution is -1.88. The van der Waals surface area contributed by atoms with Crippen LogP contribution in [-0.2, 0) is 7.05 Å². The number of rotatable bonds is 2. The van der Waals surface area contributed by atoms with E-state index in [1.807, 2.05) is 24.1 Å². The Labute approximate surface area is 102 Å². The molecule has 0 amide bonds. The van der Waals surface area contributed by atoms with Gasteiger partial charge in [-0.25, -0.2) is 9.97 Å². The molecule has 0 saturated heterocycles. The fraction of sp³-hybridized carbons (Fsp3) is 0.583. The second-order valence-electron chi connectivity index (χ2n) is 4.64. The van der Waals surface area contributed by atoms with Gasteiger partial charge in [-0.05, 0) is 5.92 Å². The number of nitrogens with zero attached hydrogens (tertiary/aromatic N) is 4. The van der Waals surface area contributed by atoms with Crippen molar-refractivity contribution >= 4 is 0 Å². The quantitative estimate of drug-likeness (QED) is 0.870. The molecule has 0 aromatic carbocycles. The molecule has 5 heteroatoms. The summed E-state index contributed by atoms with van der Waals surface area (Å²) in [5, 5.41) is 6.48. The third-order valence-electron chi connectivity index (χ3n) is 2.30. The van der Waals surface area contributed by atoms with Crippen LogP contribution in [0.2, 0.25) is 0 Å². The fourth-order valence-electron chi connectivity index (χ4n) is 1.22. The van der Waals surface area contributed by atoms with Gasteiger partial charge in [-0.2, -0.15) is 5.10 Å². The molecule has 1 N–H and O–H groups in total. The van der Waals surface area contributed by atoms with Gasteiger partial charge in [-0.3, -0.25) is 5.10 Å². The van der Waals surface area contributed by atoms with Gasteiger partial charge < -0.3 is 4.57 Å². The van der Waals surface area contributed by atoms with E-state index in [0.717, 1.165) is 11.5 Å². The summed E-state index contributed by atoms with van der Waals surface area (Å²) in [5.74, 6) is 1.95. The first kappa shape index (κ1) is 13.4. The minimum absolute atomic E-state index is 0.456. The molecule has 2 aromatic heterocycles. The fourth-order valence-corrected chi connectivity index (χ4v) is 1.22. The minimum Gasteiger partial charge on any atom is -0.340 e. The van der Waals surface area contributed by atoms with Crippen molar-refractivity contribution in [3.05, 3.63) is 30.4 Å². The Balaban J connectivity index is 0.000000171. The molecule has 0 atom stereocenters. The molecule has 0 fully saturated rings. The highest BCUT2D eigenvalue weighted by Crippen LogP contribution is 2.09. The van der Waals surface area contributed by atoms with Gasteiger partial charge in [0.1, 0.15) is 12.2 Å². The second kappa shape index (κ2) is 6.18. The van der Waals surface area contributed by atoms with Crippen LogP contribution in [0.1, 0.15) is 51.0 Å². The maximum Gasteiger partial charge on any atom is 0.137 e. The van der Waals surface area contributed by atoms with Crippen molar-refractivity contribution in [3.63, 3.8) is 0 Å². The van der Waals surface area contributed by atoms with Crippen LogP contribution in [0.15, 0.2) is 18.9 Å². The van der Waals surface area contributed by atoms with Crippen molar-refractivity contribution in [2.24, 2.45) is 7.05 Å². The molecule has 2 rings (SSSR count). The van der Waals surface area contributed by atoms with E-state index in [1.54, 1.807) is 0 Å². The smallest absolute Gasteiger partial charge is 0.137 e.